The number of aryl methyl sites for hydroxylation is 4. The van der Waals surface area contributed by atoms with E-state index in [0.29, 0.717) is 5.69 Å². The average molecular weight is 284 g/mol. The second-order valence-electron chi connectivity index (χ2n) is 6.20. The number of aliphatic hydroxyl groups excluding tert-OH is 1. The number of benzene rings is 1. The molecule has 0 bridgehead atoms. The molecule has 1 aromatic heterocycles. The van der Waals surface area contributed by atoms with Gasteiger partial charge in [0, 0.05) is 15.9 Å². The fourth-order valence-corrected chi connectivity index (χ4v) is 3.58. The highest BCUT2D eigenvalue weighted by molar-refractivity contribution is 5.50. The maximum atomic E-state index is 10.9. The average Bonchev–Trinajstić information content (AvgIpc) is 2.53. The molecular formula is C18H22NO2+. The van der Waals surface area contributed by atoms with Crippen molar-refractivity contribution < 1.29 is 15.0 Å². The van der Waals surface area contributed by atoms with Gasteiger partial charge in [0.05, 0.1) is 0 Å². The van der Waals surface area contributed by atoms with Crippen LogP contribution in [0.25, 0.3) is 0 Å². The summed E-state index contributed by atoms with van der Waals surface area (Å²) in [6, 6.07) is 4.19. The van der Waals surface area contributed by atoms with Gasteiger partial charge in [0.1, 0.15) is 0 Å². The van der Waals surface area contributed by atoms with Gasteiger partial charge in [0.25, 0.3) is 5.69 Å². The van der Waals surface area contributed by atoms with Crippen molar-refractivity contribution >= 4 is 0 Å². The number of nitrogens with zero attached hydrogens (tertiary/aromatic N) is 1. The van der Waals surface area contributed by atoms with E-state index < -0.39 is 6.10 Å². The molecule has 21 heavy (non-hydrogen) atoms. The van der Waals surface area contributed by atoms with E-state index in [1.54, 1.807) is 6.20 Å². The van der Waals surface area contributed by atoms with Gasteiger partial charge in [-0.2, -0.15) is 0 Å². The van der Waals surface area contributed by atoms with Crippen molar-refractivity contribution in [3.05, 3.63) is 63.0 Å². The molecule has 3 nitrogen and oxygen atoms in total. The second kappa shape index (κ2) is 4.85. The van der Waals surface area contributed by atoms with Crippen molar-refractivity contribution in [3.63, 3.8) is 0 Å². The molecule has 3 rings (SSSR count). The van der Waals surface area contributed by atoms with Crippen molar-refractivity contribution in [2.24, 2.45) is 0 Å². The van der Waals surface area contributed by atoms with Crippen molar-refractivity contribution in [2.75, 3.05) is 0 Å². The highest BCUT2D eigenvalue weighted by Gasteiger charge is 2.33. The molecule has 1 atom stereocenters. The molecule has 2 N–H and O–H groups in total. The Morgan fingerprint density at radius 3 is 2.48 bits per heavy atom. The van der Waals surface area contributed by atoms with E-state index in [9.17, 15) is 10.3 Å². The van der Waals surface area contributed by atoms with Crippen LogP contribution in [0.4, 0.5) is 0 Å². The van der Waals surface area contributed by atoms with Gasteiger partial charge in [-0.3, -0.25) is 5.21 Å². The third-order valence-electron chi connectivity index (χ3n) is 4.71. The molecule has 1 aliphatic carbocycles. The first-order chi connectivity index (χ1) is 9.90. The van der Waals surface area contributed by atoms with Gasteiger partial charge in [0.15, 0.2) is 6.10 Å². The van der Waals surface area contributed by atoms with Crippen molar-refractivity contribution in [1.29, 1.82) is 0 Å². The Bertz CT molecular complexity index is 735. The van der Waals surface area contributed by atoms with E-state index in [4.69, 9.17) is 0 Å². The van der Waals surface area contributed by atoms with E-state index in [1.807, 2.05) is 13.8 Å². The van der Waals surface area contributed by atoms with Crippen LogP contribution in [0.2, 0.25) is 0 Å². The largest absolute Gasteiger partial charge is 0.377 e. The minimum Gasteiger partial charge on any atom is -0.377 e. The number of aliphatic hydroxyl groups is 1. The maximum Gasteiger partial charge on any atom is 0.270 e. The van der Waals surface area contributed by atoms with Crippen LogP contribution in [0, 0.1) is 27.7 Å². The van der Waals surface area contributed by atoms with Gasteiger partial charge in [-0.25, -0.2) is 0 Å². The van der Waals surface area contributed by atoms with Crippen molar-refractivity contribution in [2.45, 2.75) is 46.6 Å². The van der Waals surface area contributed by atoms with Crippen LogP contribution in [-0.2, 0) is 12.8 Å². The minimum absolute atomic E-state index is 0.603. The Morgan fingerprint density at radius 2 is 1.76 bits per heavy atom. The molecule has 1 heterocycles. The fourth-order valence-electron chi connectivity index (χ4n) is 3.58. The number of fused-ring (bicyclic) bond motifs is 2. The monoisotopic (exact) mass is 284 g/mol. The van der Waals surface area contributed by atoms with Gasteiger partial charge in [-0.05, 0) is 74.4 Å². The molecule has 2 aromatic rings. The Hall–Kier alpha value is -1.87. The topological polar surface area (TPSA) is 44.3 Å². The molecule has 0 aliphatic heterocycles. The molecular weight excluding hydrogens is 262 g/mol. The Labute approximate surface area is 125 Å². The van der Waals surface area contributed by atoms with Crippen molar-refractivity contribution in [3.8, 4) is 0 Å². The first kappa shape index (κ1) is 14.1. The maximum absolute atomic E-state index is 10.9. The number of hydrogen-bond donors (Lipinski definition) is 2. The second-order valence-corrected chi connectivity index (χ2v) is 6.20. The zero-order chi connectivity index (χ0) is 15.3. The van der Waals surface area contributed by atoms with Crippen LogP contribution in [0.5, 0.6) is 0 Å². The molecule has 1 aliphatic rings. The highest BCUT2D eigenvalue weighted by atomic mass is 16.5. The molecule has 0 fully saturated rings. The molecule has 110 valence electrons. The molecule has 0 spiro atoms. The molecule has 0 amide bonds. The summed E-state index contributed by atoms with van der Waals surface area (Å²) in [5.41, 5.74) is 8.43. The van der Waals surface area contributed by atoms with Crippen LogP contribution >= 0.6 is 0 Å². The first-order valence-corrected chi connectivity index (χ1v) is 7.42. The SMILES string of the molecule is Cc1cc2c([n+](O)c1)C(O)c1c(C)cc(C)c(C)c1CC2. The lowest BCUT2D eigenvalue weighted by Gasteiger charge is -2.18. The van der Waals surface area contributed by atoms with Crippen LogP contribution in [0.3, 0.4) is 0 Å². The van der Waals surface area contributed by atoms with Gasteiger partial charge < -0.3 is 5.11 Å². The molecule has 0 saturated carbocycles. The highest BCUT2D eigenvalue weighted by Crippen LogP contribution is 2.35. The number of hydrogen-bond acceptors (Lipinski definition) is 2. The van der Waals surface area contributed by atoms with Crippen molar-refractivity contribution in [1.82, 2.24) is 0 Å². The number of pyridine rings is 1. The molecule has 0 radical (unpaired) electrons. The predicted molar refractivity (Wildman–Crippen MR) is 80.7 cm³/mol. The fraction of sp³-hybridized carbons (Fsp3) is 0.389. The molecule has 1 unspecified atom stereocenters. The van der Waals surface area contributed by atoms with Crippen LogP contribution in [0.15, 0.2) is 18.3 Å². The summed E-state index contributed by atoms with van der Waals surface area (Å²) in [4.78, 5) is 0. The lowest BCUT2D eigenvalue weighted by Crippen LogP contribution is -2.38. The number of aromatic nitrogens is 1. The summed E-state index contributed by atoms with van der Waals surface area (Å²) >= 11 is 0. The standard InChI is InChI=1S/C18H22NO2/c1-10-7-14-5-6-15-13(4)11(2)8-12(3)16(15)18(20)17(14)19(21)9-10/h7-9,18,20-21H,5-6H2,1-4H3/q+1. The summed E-state index contributed by atoms with van der Waals surface area (Å²) < 4.78 is 1.10. The quantitative estimate of drug-likeness (QED) is 0.577. The normalized spacial score (nSPS) is 17.1. The van der Waals surface area contributed by atoms with E-state index in [0.717, 1.165) is 39.8 Å². The van der Waals surface area contributed by atoms with E-state index in [-0.39, 0.29) is 0 Å². The van der Waals surface area contributed by atoms with Gasteiger partial charge >= 0.3 is 0 Å². The summed E-state index contributed by atoms with van der Waals surface area (Å²) in [6.07, 6.45) is 2.62. The lowest BCUT2D eigenvalue weighted by molar-refractivity contribution is -0.911. The van der Waals surface area contributed by atoms with E-state index >= 15 is 0 Å². The van der Waals surface area contributed by atoms with Gasteiger partial charge in [-0.15, -0.1) is 0 Å². The van der Waals surface area contributed by atoms with Gasteiger partial charge in [0.2, 0.25) is 6.20 Å². The minimum atomic E-state index is -0.776. The zero-order valence-electron chi connectivity index (χ0n) is 13.1. The van der Waals surface area contributed by atoms with Crippen LogP contribution in [0.1, 0.15) is 50.7 Å². The Morgan fingerprint density at radius 1 is 1.05 bits per heavy atom. The molecule has 0 saturated heterocycles. The number of rotatable bonds is 0. The van der Waals surface area contributed by atoms with Crippen LogP contribution < -0.4 is 4.73 Å². The summed E-state index contributed by atoms with van der Waals surface area (Å²) in [5.74, 6) is 0. The van der Waals surface area contributed by atoms with E-state index in [2.05, 4.69) is 26.0 Å². The smallest absolute Gasteiger partial charge is 0.270 e. The summed E-state index contributed by atoms with van der Waals surface area (Å²) in [6.45, 7) is 8.23. The molecule has 3 heteroatoms. The van der Waals surface area contributed by atoms with Gasteiger partial charge in [-0.1, -0.05) is 6.07 Å². The summed E-state index contributed by atoms with van der Waals surface area (Å²) in [5, 5.41) is 21.1. The Kier molecular flexibility index (Phi) is 3.25. The zero-order valence-corrected chi connectivity index (χ0v) is 13.1. The predicted octanol–water partition coefficient (Wildman–Crippen LogP) is 2.63. The molecule has 1 aromatic carbocycles. The third-order valence-corrected chi connectivity index (χ3v) is 4.71. The third kappa shape index (κ3) is 2.12. The summed E-state index contributed by atoms with van der Waals surface area (Å²) in [7, 11) is 0. The first-order valence-electron chi connectivity index (χ1n) is 7.42. The van der Waals surface area contributed by atoms with E-state index in [1.165, 1.54) is 16.7 Å². The Balaban J connectivity index is 2.29. The lowest BCUT2D eigenvalue weighted by atomic mass is 9.89. The van der Waals surface area contributed by atoms with Crippen LogP contribution in [-0.4, -0.2) is 10.3 Å².